The van der Waals surface area contributed by atoms with Crippen LogP contribution in [0.2, 0.25) is 0 Å². The smallest absolute Gasteiger partial charge is 0.174 e. The van der Waals surface area contributed by atoms with Crippen LogP contribution in [0.3, 0.4) is 0 Å². The molecule has 0 saturated carbocycles. The van der Waals surface area contributed by atoms with E-state index in [4.69, 9.17) is 0 Å². The summed E-state index contributed by atoms with van der Waals surface area (Å²) in [6.45, 7) is 3.41. The van der Waals surface area contributed by atoms with E-state index >= 15 is 0 Å². The molecule has 16 heavy (non-hydrogen) atoms. The first-order valence-electron chi connectivity index (χ1n) is 5.67. The Hall–Kier alpha value is -1.35. The van der Waals surface area contributed by atoms with Crippen LogP contribution < -0.4 is 9.47 Å². The summed E-state index contributed by atoms with van der Waals surface area (Å²) in [4.78, 5) is 2.41. The summed E-state index contributed by atoms with van der Waals surface area (Å²) in [5.74, 6) is 0. The molecule has 2 aromatic rings. The zero-order valence-corrected chi connectivity index (χ0v) is 9.99. The Labute approximate surface area is 99.8 Å². The van der Waals surface area contributed by atoms with Gasteiger partial charge in [-0.2, -0.15) is 11.3 Å². The number of aromatic nitrogens is 1. The number of rotatable bonds is 3. The molecule has 82 valence electrons. The van der Waals surface area contributed by atoms with Gasteiger partial charge in [0.1, 0.15) is 0 Å². The molecule has 1 aliphatic heterocycles. The third-order valence-electron chi connectivity index (χ3n) is 3.04. The van der Waals surface area contributed by atoms with Crippen LogP contribution in [0.15, 0.2) is 41.4 Å². The van der Waals surface area contributed by atoms with Gasteiger partial charge in [-0.05, 0) is 17.9 Å². The monoisotopic (exact) mass is 231 g/mol. The van der Waals surface area contributed by atoms with Crippen LogP contribution >= 0.6 is 11.3 Å². The molecule has 3 heteroatoms. The molecule has 2 nitrogen and oxygen atoms in total. The van der Waals surface area contributed by atoms with E-state index in [0.717, 1.165) is 6.54 Å². The molecule has 0 radical (unpaired) electrons. The molecule has 3 rings (SSSR count). The van der Waals surface area contributed by atoms with Crippen LogP contribution in [0.4, 0.5) is 5.69 Å². The van der Waals surface area contributed by atoms with E-state index in [0.29, 0.717) is 0 Å². The number of thiophene rings is 1. The minimum atomic E-state index is 0.976. The topological polar surface area (TPSA) is 7.12 Å². The summed E-state index contributed by atoms with van der Waals surface area (Å²) < 4.78 is 2.23. The second-order valence-corrected chi connectivity index (χ2v) is 4.98. The molecule has 3 heterocycles. The molecule has 0 atom stereocenters. The average molecular weight is 231 g/mol. The maximum Gasteiger partial charge on any atom is 0.174 e. The van der Waals surface area contributed by atoms with Crippen LogP contribution in [0.1, 0.15) is 12.0 Å². The summed E-state index contributed by atoms with van der Waals surface area (Å²) in [6.07, 6.45) is 5.68. The van der Waals surface area contributed by atoms with Crippen LogP contribution in [0.5, 0.6) is 0 Å². The van der Waals surface area contributed by atoms with E-state index in [1.54, 1.807) is 11.3 Å². The predicted octanol–water partition coefficient (Wildman–Crippen LogP) is 2.29. The largest absolute Gasteiger partial charge is 0.371 e. The third kappa shape index (κ3) is 1.95. The van der Waals surface area contributed by atoms with E-state index in [1.807, 2.05) is 0 Å². The van der Waals surface area contributed by atoms with E-state index < -0.39 is 0 Å². The molecule has 0 unspecified atom stereocenters. The molecular formula is C13H15N2S+. The molecule has 0 spiro atoms. The maximum atomic E-state index is 2.41. The van der Waals surface area contributed by atoms with E-state index in [9.17, 15) is 0 Å². The van der Waals surface area contributed by atoms with Crippen molar-refractivity contribution in [1.82, 2.24) is 0 Å². The van der Waals surface area contributed by atoms with Gasteiger partial charge >= 0.3 is 0 Å². The van der Waals surface area contributed by atoms with Crippen molar-refractivity contribution in [2.45, 2.75) is 13.0 Å². The molecule has 0 bridgehead atoms. The van der Waals surface area contributed by atoms with Crippen LogP contribution in [0.25, 0.3) is 0 Å². The Balaban J connectivity index is 1.72. The van der Waals surface area contributed by atoms with Gasteiger partial charge in [0.15, 0.2) is 18.9 Å². The highest BCUT2D eigenvalue weighted by Gasteiger charge is 2.15. The average Bonchev–Trinajstić information content (AvgIpc) is 2.71. The minimum absolute atomic E-state index is 0.976. The van der Waals surface area contributed by atoms with Gasteiger partial charge in [-0.1, -0.05) is 0 Å². The Morgan fingerprint density at radius 1 is 1.19 bits per heavy atom. The van der Waals surface area contributed by atoms with Crippen LogP contribution in [0, 0.1) is 0 Å². The third-order valence-corrected chi connectivity index (χ3v) is 3.77. The molecule has 0 amide bonds. The Morgan fingerprint density at radius 2 is 2.00 bits per heavy atom. The van der Waals surface area contributed by atoms with Gasteiger partial charge in [-0.3, -0.25) is 0 Å². The van der Waals surface area contributed by atoms with Gasteiger partial charge in [0.05, 0.1) is 0 Å². The Kier molecular flexibility index (Phi) is 2.62. The van der Waals surface area contributed by atoms with Crippen molar-refractivity contribution < 1.29 is 4.57 Å². The van der Waals surface area contributed by atoms with Crippen molar-refractivity contribution in [2.75, 3.05) is 18.0 Å². The van der Waals surface area contributed by atoms with Crippen molar-refractivity contribution in [3.05, 3.63) is 46.9 Å². The molecule has 0 aromatic carbocycles. The van der Waals surface area contributed by atoms with Gasteiger partial charge in [-0.25, -0.2) is 4.57 Å². The second-order valence-electron chi connectivity index (χ2n) is 4.20. The number of hydrogen-bond acceptors (Lipinski definition) is 2. The lowest BCUT2D eigenvalue weighted by molar-refractivity contribution is -0.688. The van der Waals surface area contributed by atoms with Crippen molar-refractivity contribution >= 4 is 17.0 Å². The zero-order chi connectivity index (χ0) is 10.8. The van der Waals surface area contributed by atoms with Gasteiger partial charge in [-0.15, -0.1) is 0 Å². The normalized spacial score (nSPS) is 14.9. The maximum absolute atomic E-state index is 2.41. The fourth-order valence-electron chi connectivity index (χ4n) is 1.93. The highest BCUT2D eigenvalue weighted by molar-refractivity contribution is 7.07. The Bertz CT molecular complexity index is 443. The van der Waals surface area contributed by atoms with Crippen LogP contribution in [-0.2, 0) is 6.54 Å². The number of anilines is 1. The van der Waals surface area contributed by atoms with Gasteiger partial charge in [0, 0.05) is 41.9 Å². The minimum Gasteiger partial charge on any atom is -0.371 e. The first kappa shape index (κ1) is 9.85. The van der Waals surface area contributed by atoms with E-state index in [2.05, 4.69) is 50.8 Å². The lowest BCUT2D eigenvalue weighted by Gasteiger charge is -2.32. The lowest BCUT2D eigenvalue weighted by atomic mass is 10.2. The number of pyridine rings is 1. The quantitative estimate of drug-likeness (QED) is 0.735. The lowest BCUT2D eigenvalue weighted by Crippen LogP contribution is -2.38. The summed E-state index contributed by atoms with van der Waals surface area (Å²) in [5.41, 5.74) is 2.74. The summed E-state index contributed by atoms with van der Waals surface area (Å²) in [6, 6.07) is 6.61. The fraction of sp³-hybridized carbons (Fsp3) is 0.308. The van der Waals surface area contributed by atoms with E-state index in [1.165, 1.54) is 30.8 Å². The predicted molar refractivity (Wildman–Crippen MR) is 66.9 cm³/mol. The summed E-state index contributed by atoms with van der Waals surface area (Å²) in [7, 11) is 0. The van der Waals surface area contributed by atoms with Crippen molar-refractivity contribution in [1.29, 1.82) is 0 Å². The SMILES string of the molecule is c1cc(C[n+]2ccc(N3CCC3)cc2)cs1. The second kappa shape index (κ2) is 4.26. The fourth-order valence-corrected chi connectivity index (χ4v) is 2.59. The standard InChI is InChI=1S/C13H15N2S/c1-5-15(6-1)13-2-7-14(8-3-13)10-12-4-9-16-11-12/h2-4,7-9,11H,1,5-6,10H2/q+1. The first-order chi connectivity index (χ1) is 7.92. The van der Waals surface area contributed by atoms with Crippen LogP contribution in [-0.4, -0.2) is 13.1 Å². The molecular weight excluding hydrogens is 216 g/mol. The molecule has 2 aromatic heterocycles. The highest BCUT2D eigenvalue weighted by Crippen LogP contribution is 2.18. The number of hydrogen-bond donors (Lipinski definition) is 0. The van der Waals surface area contributed by atoms with Gasteiger partial charge in [0.2, 0.25) is 0 Å². The first-order valence-corrected chi connectivity index (χ1v) is 6.61. The molecule has 1 aliphatic rings. The summed E-state index contributed by atoms with van der Waals surface area (Å²) >= 11 is 1.76. The zero-order valence-electron chi connectivity index (χ0n) is 9.17. The van der Waals surface area contributed by atoms with Crippen molar-refractivity contribution in [3.8, 4) is 0 Å². The van der Waals surface area contributed by atoms with Gasteiger partial charge in [0.25, 0.3) is 0 Å². The number of nitrogens with zero attached hydrogens (tertiary/aromatic N) is 2. The van der Waals surface area contributed by atoms with E-state index in [-0.39, 0.29) is 0 Å². The van der Waals surface area contributed by atoms with Gasteiger partial charge < -0.3 is 4.90 Å². The molecule has 0 N–H and O–H groups in total. The molecule has 0 aliphatic carbocycles. The summed E-state index contributed by atoms with van der Waals surface area (Å²) in [5, 5.41) is 4.33. The highest BCUT2D eigenvalue weighted by atomic mass is 32.1. The Morgan fingerprint density at radius 3 is 2.56 bits per heavy atom. The van der Waals surface area contributed by atoms with Crippen molar-refractivity contribution in [2.24, 2.45) is 0 Å². The molecule has 1 fully saturated rings. The van der Waals surface area contributed by atoms with Crippen molar-refractivity contribution in [3.63, 3.8) is 0 Å². The molecule has 1 saturated heterocycles.